The molecule has 0 aliphatic carbocycles. The third-order valence-electron chi connectivity index (χ3n) is 4.77. The number of hydrogen-bond donors (Lipinski definition) is 2. The fraction of sp³-hybridized carbons (Fsp3) is 0.520. The van der Waals surface area contributed by atoms with E-state index in [0.717, 1.165) is 36.3 Å². The molecule has 4 nitrogen and oxygen atoms in total. The highest BCUT2D eigenvalue weighted by Gasteiger charge is 2.19. The lowest BCUT2D eigenvalue weighted by Crippen LogP contribution is -2.42. The van der Waals surface area contributed by atoms with Crippen molar-refractivity contribution in [1.29, 1.82) is 0 Å². The minimum Gasteiger partial charge on any atom is -0.480 e. The summed E-state index contributed by atoms with van der Waals surface area (Å²) in [5.74, 6) is -0.0664. The Kier molecular flexibility index (Phi) is 14.0. The van der Waals surface area contributed by atoms with Crippen LogP contribution >= 0.6 is 23.1 Å². The number of thioether (sulfide) groups is 1. The molecule has 1 aromatic rings. The Balaban J connectivity index is 2.28. The van der Waals surface area contributed by atoms with Gasteiger partial charge in [-0.15, -0.1) is 11.3 Å². The van der Waals surface area contributed by atoms with Gasteiger partial charge in [0.2, 0.25) is 5.91 Å². The van der Waals surface area contributed by atoms with Gasteiger partial charge in [-0.25, -0.2) is 4.79 Å². The Morgan fingerprint density at radius 3 is 2.35 bits per heavy atom. The van der Waals surface area contributed by atoms with Gasteiger partial charge in [0.1, 0.15) is 6.04 Å². The van der Waals surface area contributed by atoms with E-state index in [-0.39, 0.29) is 5.91 Å². The van der Waals surface area contributed by atoms with E-state index < -0.39 is 12.0 Å². The van der Waals surface area contributed by atoms with Crippen molar-refractivity contribution in [3.05, 3.63) is 57.3 Å². The summed E-state index contributed by atoms with van der Waals surface area (Å²) in [6.45, 7) is 8.57. The van der Waals surface area contributed by atoms with Gasteiger partial charge in [0.25, 0.3) is 0 Å². The molecule has 31 heavy (non-hydrogen) atoms. The maximum absolute atomic E-state index is 12.1. The van der Waals surface area contributed by atoms with Crippen molar-refractivity contribution < 1.29 is 14.7 Å². The SMILES string of the molecule is CC(C)=CCC/C(C)=C/CC/C(C)=C/CSC[C@H](NC(=O)CCc1cccs1)C(=O)O. The van der Waals surface area contributed by atoms with E-state index in [2.05, 4.69) is 51.2 Å². The largest absolute Gasteiger partial charge is 0.480 e. The zero-order valence-electron chi connectivity index (χ0n) is 19.3. The average Bonchev–Trinajstić information content (AvgIpc) is 3.22. The molecular weight excluding hydrogens is 426 g/mol. The summed E-state index contributed by atoms with van der Waals surface area (Å²) < 4.78 is 0. The molecule has 1 amide bonds. The zero-order valence-corrected chi connectivity index (χ0v) is 20.9. The van der Waals surface area contributed by atoms with Gasteiger partial charge in [0.05, 0.1) is 0 Å². The van der Waals surface area contributed by atoms with Crippen molar-refractivity contribution in [2.45, 2.75) is 72.3 Å². The van der Waals surface area contributed by atoms with Crippen molar-refractivity contribution in [1.82, 2.24) is 5.32 Å². The second kappa shape index (κ2) is 15.9. The van der Waals surface area contributed by atoms with Gasteiger partial charge in [-0.1, -0.05) is 41.0 Å². The maximum atomic E-state index is 12.1. The van der Waals surface area contributed by atoms with E-state index in [0.29, 0.717) is 18.6 Å². The van der Waals surface area contributed by atoms with Crippen molar-refractivity contribution in [3.63, 3.8) is 0 Å². The Bertz CT molecular complexity index is 760. The molecule has 1 aromatic heterocycles. The third kappa shape index (κ3) is 14.0. The lowest BCUT2D eigenvalue weighted by molar-refractivity contribution is -0.141. The molecule has 2 N–H and O–H groups in total. The second-order valence-electron chi connectivity index (χ2n) is 8.03. The van der Waals surface area contributed by atoms with Crippen molar-refractivity contribution >= 4 is 35.0 Å². The van der Waals surface area contributed by atoms with Gasteiger partial charge in [-0.3, -0.25) is 4.79 Å². The standard InChI is InChI=1S/C25H37NO3S2/c1-19(2)8-5-9-20(3)10-6-11-21(4)15-17-30-18-23(25(28)29)26-24(27)14-13-22-12-7-16-31-22/h7-8,10,12,15-16,23H,5-6,9,11,13-14,17-18H2,1-4H3,(H,26,27)(H,28,29)/b20-10+,21-15+/t23-/m0/s1. The first-order chi connectivity index (χ1) is 14.8. The highest BCUT2D eigenvalue weighted by atomic mass is 32.2. The van der Waals surface area contributed by atoms with Gasteiger partial charge in [-0.05, 0) is 71.2 Å². The van der Waals surface area contributed by atoms with E-state index in [4.69, 9.17) is 0 Å². The molecule has 1 rings (SSSR count). The third-order valence-corrected chi connectivity index (χ3v) is 6.68. The average molecular weight is 464 g/mol. The second-order valence-corrected chi connectivity index (χ2v) is 10.1. The summed E-state index contributed by atoms with van der Waals surface area (Å²) in [5, 5.41) is 14.0. The van der Waals surface area contributed by atoms with Crippen molar-refractivity contribution in [2.75, 3.05) is 11.5 Å². The number of carbonyl (C=O) groups is 2. The molecule has 172 valence electrons. The van der Waals surface area contributed by atoms with Gasteiger partial charge in [0, 0.05) is 22.8 Å². The highest BCUT2D eigenvalue weighted by molar-refractivity contribution is 7.99. The van der Waals surface area contributed by atoms with Crippen molar-refractivity contribution in [2.24, 2.45) is 0 Å². The predicted molar refractivity (Wildman–Crippen MR) is 135 cm³/mol. The Morgan fingerprint density at radius 2 is 1.74 bits per heavy atom. The van der Waals surface area contributed by atoms with Crippen LogP contribution in [0.4, 0.5) is 0 Å². The first-order valence-electron chi connectivity index (χ1n) is 10.8. The van der Waals surface area contributed by atoms with Gasteiger partial charge >= 0.3 is 5.97 Å². The lowest BCUT2D eigenvalue weighted by atomic mass is 10.1. The van der Waals surface area contributed by atoms with Crippen LogP contribution in [0.1, 0.15) is 64.7 Å². The number of carboxylic acids is 1. The molecule has 0 unspecified atom stereocenters. The molecule has 0 saturated heterocycles. The number of carboxylic acid groups (broad SMARTS) is 1. The zero-order chi connectivity index (χ0) is 23.1. The molecule has 0 saturated carbocycles. The number of aryl methyl sites for hydroxylation is 1. The van der Waals surface area contributed by atoms with Crippen LogP contribution in [0.5, 0.6) is 0 Å². The molecule has 0 spiro atoms. The van der Waals surface area contributed by atoms with Crippen LogP contribution in [0.25, 0.3) is 0 Å². The summed E-state index contributed by atoms with van der Waals surface area (Å²) in [6, 6.07) is 3.09. The fourth-order valence-corrected chi connectivity index (χ4v) is 4.57. The summed E-state index contributed by atoms with van der Waals surface area (Å²) in [5.41, 5.74) is 4.11. The van der Waals surface area contributed by atoms with Crippen LogP contribution in [-0.4, -0.2) is 34.5 Å². The first-order valence-corrected chi connectivity index (χ1v) is 12.9. The van der Waals surface area contributed by atoms with Crippen LogP contribution in [0.15, 0.2) is 52.5 Å². The number of nitrogens with one attached hydrogen (secondary N) is 1. The maximum Gasteiger partial charge on any atom is 0.327 e. The van der Waals surface area contributed by atoms with E-state index in [1.165, 1.54) is 28.5 Å². The fourth-order valence-electron chi connectivity index (χ4n) is 2.86. The predicted octanol–water partition coefficient (Wildman–Crippen LogP) is 6.40. The minimum atomic E-state index is -0.980. The first kappa shape index (κ1) is 27.2. The van der Waals surface area contributed by atoms with E-state index in [1.54, 1.807) is 11.3 Å². The Hall–Kier alpha value is -1.79. The smallest absolute Gasteiger partial charge is 0.327 e. The molecular formula is C25H37NO3S2. The van der Waals surface area contributed by atoms with Crippen LogP contribution in [-0.2, 0) is 16.0 Å². The van der Waals surface area contributed by atoms with Crippen LogP contribution in [0.2, 0.25) is 0 Å². The molecule has 0 aliphatic rings. The van der Waals surface area contributed by atoms with Crippen molar-refractivity contribution in [3.8, 4) is 0 Å². The Labute approximate surface area is 195 Å². The summed E-state index contributed by atoms with van der Waals surface area (Å²) in [7, 11) is 0. The molecule has 0 bridgehead atoms. The molecule has 1 atom stereocenters. The van der Waals surface area contributed by atoms with E-state index >= 15 is 0 Å². The minimum absolute atomic E-state index is 0.208. The molecule has 0 radical (unpaired) electrons. The van der Waals surface area contributed by atoms with E-state index in [1.807, 2.05) is 17.5 Å². The van der Waals surface area contributed by atoms with Gasteiger partial charge in [0.15, 0.2) is 0 Å². The summed E-state index contributed by atoms with van der Waals surface area (Å²) >= 11 is 3.15. The van der Waals surface area contributed by atoms with Gasteiger partial charge < -0.3 is 10.4 Å². The molecule has 0 fully saturated rings. The number of amides is 1. The number of allylic oxidation sites excluding steroid dienone is 5. The normalized spacial score (nSPS) is 13.0. The number of thiophene rings is 1. The van der Waals surface area contributed by atoms with Gasteiger partial charge in [-0.2, -0.15) is 11.8 Å². The molecule has 6 heteroatoms. The monoisotopic (exact) mass is 463 g/mol. The quantitative estimate of drug-likeness (QED) is 0.233. The number of hydrogen-bond acceptors (Lipinski definition) is 4. The summed E-state index contributed by atoms with van der Waals surface area (Å²) in [6.07, 6.45) is 12.0. The number of aliphatic carboxylic acids is 1. The number of rotatable bonds is 15. The van der Waals surface area contributed by atoms with Crippen LogP contribution in [0, 0.1) is 0 Å². The molecule has 0 aromatic carbocycles. The molecule has 0 aliphatic heterocycles. The topological polar surface area (TPSA) is 66.4 Å². The van der Waals surface area contributed by atoms with E-state index in [9.17, 15) is 14.7 Å². The van der Waals surface area contributed by atoms with Crippen LogP contribution < -0.4 is 5.32 Å². The number of carbonyl (C=O) groups excluding carboxylic acids is 1. The highest BCUT2D eigenvalue weighted by Crippen LogP contribution is 2.14. The van der Waals surface area contributed by atoms with Crippen LogP contribution in [0.3, 0.4) is 0 Å². The Morgan fingerprint density at radius 1 is 1.06 bits per heavy atom. The lowest BCUT2D eigenvalue weighted by Gasteiger charge is -2.13. The molecule has 1 heterocycles. The summed E-state index contributed by atoms with van der Waals surface area (Å²) in [4.78, 5) is 24.7.